The molecule has 1 unspecified atom stereocenters. The fourth-order valence-corrected chi connectivity index (χ4v) is 4.86. The van der Waals surface area contributed by atoms with Gasteiger partial charge in [0.1, 0.15) is 5.66 Å². The smallest absolute Gasteiger partial charge is 0.223 e. The van der Waals surface area contributed by atoms with E-state index < -0.39 is 5.66 Å². The predicted molar refractivity (Wildman–Crippen MR) is 125 cm³/mol. The molecular weight excluding hydrogens is 388 g/mol. The van der Waals surface area contributed by atoms with Gasteiger partial charge in [0, 0.05) is 24.1 Å². The van der Waals surface area contributed by atoms with Crippen LogP contribution in [-0.4, -0.2) is 31.3 Å². The van der Waals surface area contributed by atoms with Crippen LogP contribution in [0.4, 0.5) is 5.69 Å². The highest BCUT2D eigenvalue weighted by Gasteiger charge is 2.57. The van der Waals surface area contributed by atoms with Gasteiger partial charge < -0.3 is 19.7 Å². The van der Waals surface area contributed by atoms with Crippen molar-refractivity contribution < 1.29 is 14.3 Å². The summed E-state index contributed by atoms with van der Waals surface area (Å²) < 4.78 is 11.5. The first-order valence-electron chi connectivity index (χ1n) is 11.1. The summed E-state index contributed by atoms with van der Waals surface area (Å²) in [6, 6.07) is 12.5. The van der Waals surface area contributed by atoms with Crippen molar-refractivity contribution in [2.75, 3.05) is 24.7 Å². The van der Waals surface area contributed by atoms with Crippen LogP contribution in [-0.2, 0) is 10.2 Å². The van der Waals surface area contributed by atoms with Gasteiger partial charge in [0.25, 0.3) is 0 Å². The molecule has 5 nitrogen and oxygen atoms in total. The first kappa shape index (κ1) is 21.3. The van der Waals surface area contributed by atoms with Gasteiger partial charge in [-0.3, -0.25) is 4.79 Å². The Morgan fingerprint density at radius 1 is 1.06 bits per heavy atom. The topological polar surface area (TPSA) is 50.8 Å². The van der Waals surface area contributed by atoms with Crippen molar-refractivity contribution in [3.05, 3.63) is 59.2 Å². The van der Waals surface area contributed by atoms with Crippen LogP contribution in [0.15, 0.2) is 42.5 Å². The van der Waals surface area contributed by atoms with E-state index in [9.17, 15) is 4.79 Å². The molecule has 31 heavy (non-hydrogen) atoms. The molecule has 1 amide bonds. The van der Waals surface area contributed by atoms with Crippen LogP contribution in [0.5, 0.6) is 11.5 Å². The SMILES string of the molecule is CCOc1ccc(/C=C/C23NC(=O)CCN2c2ccc(C)cc2C3(C)C)cc1OCC. The molecule has 0 radical (unpaired) electrons. The minimum Gasteiger partial charge on any atom is -0.490 e. The fourth-order valence-electron chi connectivity index (χ4n) is 4.86. The number of rotatable bonds is 6. The van der Waals surface area contributed by atoms with Gasteiger partial charge >= 0.3 is 0 Å². The number of carbonyl (C=O) groups excluding carboxylic acids is 1. The highest BCUT2D eigenvalue weighted by Crippen LogP contribution is 2.52. The van der Waals surface area contributed by atoms with Crippen molar-refractivity contribution in [2.45, 2.75) is 52.1 Å². The second-order valence-electron chi connectivity index (χ2n) is 8.77. The van der Waals surface area contributed by atoms with E-state index in [0.29, 0.717) is 26.2 Å². The molecule has 1 N–H and O–H groups in total. The molecule has 5 heteroatoms. The zero-order valence-corrected chi connectivity index (χ0v) is 19.1. The lowest BCUT2D eigenvalue weighted by atomic mass is 9.74. The lowest BCUT2D eigenvalue weighted by Gasteiger charge is -2.49. The van der Waals surface area contributed by atoms with Crippen LogP contribution in [0.25, 0.3) is 6.08 Å². The van der Waals surface area contributed by atoms with E-state index in [1.807, 2.05) is 32.0 Å². The Balaban J connectivity index is 1.77. The maximum absolute atomic E-state index is 12.6. The molecule has 1 fully saturated rings. The second kappa shape index (κ2) is 7.95. The Bertz CT molecular complexity index is 1030. The molecule has 2 aliphatic heterocycles. The van der Waals surface area contributed by atoms with Crippen LogP contribution in [0.1, 0.15) is 50.8 Å². The van der Waals surface area contributed by atoms with Crippen molar-refractivity contribution in [3.8, 4) is 11.5 Å². The van der Waals surface area contributed by atoms with Gasteiger partial charge in [-0.1, -0.05) is 43.7 Å². The summed E-state index contributed by atoms with van der Waals surface area (Å²) in [5, 5.41) is 3.33. The number of fused-ring (bicyclic) bond motifs is 3. The van der Waals surface area contributed by atoms with Crippen LogP contribution in [0.2, 0.25) is 0 Å². The number of anilines is 1. The van der Waals surface area contributed by atoms with E-state index in [-0.39, 0.29) is 11.3 Å². The van der Waals surface area contributed by atoms with Crippen LogP contribution in [0.3, 0.4) is 0 Å². The third kappa shape index (κ3) is 3.46. The number of nitrogens with one attached hydrogen (secondary N) is 1. The minimum atomic E-state index is -0.622. The highest BCUT2D eigenvalue weighted by atomic mass is 16.5. The Morgan fingerprint density at radius 2 is 1.81 bits per heavy atom. The Labute approximate surface area is 185 Å². The van der Waals surface area contributed by atoms with E-state index in [1.165, 1.54) is 16.8 Å². The van der Waals surface area contributed by atoms with E-state index >= 15 is 0 Å². The van der Waals surface area contributed by atoms with Crippen molar-refractivity contribution in [3.63, 3.8) is 0 Å². The normalized spacial score (nSPS) is 21.6. The molecule has 164 valence electrons. The lowest BCUT2D eigenvalue weighted by Crippen LogP contribution is -2.68. The summed E-state index contributed by atoms with van der Waals surface area (Å²) in [5.41, 5.74) is 3.77. The number of hydrogen-bond donors (Lipinski definition) is 1. The van der Waals surface area contributed by atoms with Gasteiger partial charge in [-0.15, -0.1) is 0 Å². The summed E-state index contributed by atoms with van der Waals surface area (Å²) in [6.07, 6.45) is 4.72. The van der Waals surface area contributed by atoms with E-state index in [4.69, 9.17) is 9.47 Å². The number of amides is 1. The van der Waals surface area contributed by atoms with Gasteiger partial charge in [0.2, 0.25) is 5.91 Å². The standard InChI is InChI=1S/C26H32N2O3/c1-6-30-22-11-9-19(17-23(22)31-7-2)12-14-26-25(4,5)20-16-18(3)8-10-21(20)28(26)15-13-24(29)27-26/h8-12,14,16-17H,6-7,13,15H2,1-5H3,(H,27,29)/b14-12+. The van der Waals surface area contributed by atoms with Crippen LogP contribution in [0, 0.1) is 6.92 Å². The number of nitrogens with zero attached hydrogens (tertiary/aromatic N) is 1. The molecule has 2 aromatic rings. The van der Waals surface area contributed by atoms with Crippen molar-refractivity contribution in [1.29, 1.82) is 0 Å². The summed E-state index contributed by atoms with van der Waals surface area (Å²) >= 11 is 0. The third-order valence-electron chi connectivity index (χ3n) is 6.47. The molecule has 4 rings (SSSR count). The average Bonchev–Trinajstić information content (AvgIpc) is 2.92. The Kier molecular flexibility index (Phi) is 5.46. The molecule has 0 aromatic heterocycles. The van der Waals surface area contributed by atoms with Crippen molar-refractivity contribution in [1.82, 2.24) is 5.32 Å². The zero-order valence-electron chi connectivity index (χ0n) is 19.1. The number of hydrogen-bond acceptors (Lipinski definition) is 4. The number of ether oxygens (including phenoxy) is 2. The van der Waals surface area contributed by atoms with Gasteiger partial charge in [-0.05, 0) is 56.2 Å². The molecule has 1 atom stereocenters. The molecule has 2 heterocycles. The molecule has 0 aliphatic carbocycles. The van der Waals surface area contributed by atoms with Gasteiger partial charge in [0.05, 0.1) is 13.2 Å². The molecule has 1 saturated heterocycles. The van der Waals surface area contributed by atoms with Crippen molar-refractivity contribution in [2.24, 2.45) is 0 Å². The van der Waals surface area contributed by atoms with Gasteiger partial charge in [-0.25, -0.2) is 0 Å². The van der Waals surface area contributed by atoms with Gasteiger partial charge in [0.15, 0.2) is 11.5 Å². The molecule has 0 bridgehead atoms. The lowest BCUT2D eigenvalue weighted by molar-refractivity contribution is -0.124. The monoisotopic (exact) mass is 420 g/mol. The second-order valence-corrected chi connectivity index (χ2v) is 8.77. The highest BCUT2D eigenvalue weighted by molar-refractivity contribution is 5.84. The van der Waals surface area contributed by atoms with Crippen molar-refractivity contribution >= 4 is 17.7 Å². The van der Waals surface area contributed by atoms with Gasteiger partial charge in [-0.2, -0.15) is 0 Å². The molecule has 0 saturated carbocycles. The van der Waals surface area contributed by atoms with E-state index in [1.54, 1.807) is 0 Å². The summed E-state index contributed by atoms with van der Waals surface area (Å²) in [6.45, 7) is 12.3. The maximum Gasteiger partial charge on any atom is 0.223 e. The summed E-state index contributed by atoms with van der Waals surface area (Å²) in [7, 11) is 0. The first-order chi connectivity index (χ1) is 14.8. The molecule has 2 aromatic carbocycles. The van der Waals surface area contributed by atoms with E-state index in [0.717, 1.165) is 17.1 Å². The maximum atomic E-state index is 12.6. The Morgan fingerprint density at radius 3 is 2.55 bits per heavy atom. The number of carbonyl (C=O) groups is 1. The van der Waals surface area contributed by atoms with E-state index in [2.05, 4.69) is 61.3 Å². The zero-order chi connectivity index (χ0) is 22.2. The quantitative estimate of drug-likeness (QED) is 0.728. The predicted octanol–water partition coefficient (Wildman–Crippen LogP) is 4.82. The average molecular weight is 421 g/mol. The molecule has 0 spiro atoms. The Hall–Kier alpha value is -2.95. The first-order valence-corrected chi connectivity index (χ1v) is 11.1. The third-order valence-corrected chi connectivity index (χ3v) is 6.47. The number of aryl methyl sites for hydroxylation is 1. The molecular formula is C26H32N2O3. The largest absolute Gasteiger partial charge is 0.490 e. The fraction of sp³-hybridized carbons (Fsp3) is 0.423. The van der Waals surface area contributed by atoms with Crippen LogP contribution < -0.4 is 19.7 Å². The van der Waals surface area contributed by atoms with Crippen LogP contribution >= 0.6 is 0 Å². The summed E-state index contributed by atoms with van der Waals surface area (Å²) in [5.74, 6) is 1.56. The number of benzene rings is 2. The summed E-state index contributed by atoms with van der Waals surface area (Å²) in [4.78, 5) is 14.9. The minimum absolute atomic E-state index is 0.0835. The molecule has 2 aliphatic rings.